The Kier molecular flexibility index (Phi) is 3.83. The number of aliphatic carboxylic acids is 2. The Balaban J connectivity index is 2.22. The van der Waals surface area contributed by atoms with Crippen molar-refractivity contribution in [3.63, 3.8) is 0 Å². The minimum atomic E-state index is -1.52. The fourth-order valence-corrected chi connectivity index (χ4v) is 1.69. The van der Waals surface area contributed by atoms with Crippen LogP contribution < -0.4 is 5.32 Å². The van der Waals surface area contributed by atoms with Gasteiger partial charge in [-0.3, -0.25) is 9.59 Å². The molecule has 0 fully saturated rings. The number of nitrogens with one attached hydrogen (secondary N) is 1. The predicted octanol–water partition coefficient (Wildman–Crippen LogP) is 0.189. The van der Waals surface area contributed by atoms with E-state index in [1.165, 1.54) is 12.3 Å². The summed E-state index contributed by atoms with van der Waals surface area (Å²) in [6, 6.07) is -0.0716. The molecular weight excluding hydrogens is 282 g/mol. The Morgan fingerprint density at radius 1 is 1.38 bits per heavy atom. The van der Waals surface area contributed by atoms with Crippen LogP contribution in [0, 0.1) is 6.92 Å². The van der Waals surface area contributed by atoms with E-state index in [0.29, 0.717) is 11.1 Å². The topological polar surface area (TPSA) is 143 Å². The molecule has 3 N–H and O–H groups in total. The molecule has 2 rings (SSSR count). The number of hydrogen-bond acceptors (Lipinski definition) is 6. The zero-order chi connectivity index (χ0) is 15.6. The molecule has 1 amide bonds. The average molecular weight is 293 g/mol. The van der Waals surface area contributed by atoms with Crippen LogP contribution in [0.5, 0.6) is 0 Å². The summed E-state index contributed by atoms with van der Waals surface area (Å²) in [5.41, 5.74) is 0.877. The van der Waals surface area contributed by atoms with Crippen LogP contribution in [-0.2, 0) is 9.59 Å². The molecule has 0 spiro atoms. The zero-order valence-electron chi connectivity index (χ0n) is 10.9. The highest BCUT2D eigenvalue weighted by Crippen LogP contribution is 2.16. The molecule has 2 aromatic heterocycles. The Bertz CT molecular complexity index is 723. The van der Waals surface area contributed by atoms with Gasteiger partial charge in [0.15, 0.2) is 0 Å². The number of carbonyl (C=O) groups is 3. The number of carboxylic acids is 2. The second-order valence-electron chi connectivity index (χ2n) is 4.31. The minimum Gasteiger partial charge on any atom is -0.481 e. The number of amides is 1. The van der Waals surface area contributed by atoms with Crippen LogP contribution in [0.15, 0.2) is 16.8 Å². The molecule has 0 saturated heterocycles. The summed E-state index contributed by atoms with van der Waals surface area (Å²) in [5.74, 6) is -3.49. The number of pyridine rings is 1. The largest absolute Gasteiger partial charge is 0.481 e. The van der Waals surface area contributed by atoms with E-state index < -0.39 is 30.3 Å². The molecule has 0 aliphatic carbocycles. The first-order chi connectivity index (χ1) is 9.88. The number of aromatic nitrogens is 2. The van der Waals surface area contributed by atoms with Crippen molar-refractivity contribution in [3.8, 4) is 0 Å². The second kappa shape index (κ2) is 5.57. The van der Waals surface area contributed by atoms with Crippen molar-refractivity contribution in [2.24, 2.45) is 0 Å². The summed E-state index contributed by atoms with van der Waals surface area (Å²) < 4.78 is 4.89. The first-order valence-corrected chi connectivity index (χ1v) is 5.86. The first-order valence-electron chi connectivity index (χ1n) is 5.86. The molecule has 0 bridgehead atoms. The van der Waals surface area contributed by atoms with Gasteiger partial charge in [0.25, 0.3) is 11.6 Å². The van der Waals surface area contributed by atoms with Crippen molar-refractivity contribution in [3.05, 3.63) is 23.5 Å². The Morgan fingerprint density at radius 3 is 2.71 bits per heavy atom. The molecule has 9 heteroatoms. The van der Waals surface area contributed by atoms with Gasteiger partial charge in [-0.15, -0.1) is 0 Å². The van der Waals surface area contributed by atoms with Crippen LogP contribution in [0.4, 0.5) is 0 Å². The van der Waals surface area contributed by atoms with E-state index >= 15 is 0 Å². The third-order valence-electron chi connectivity index (χ3n) is 2.75. The molecule has 0 radical (unpaired) electrons. The third-order valence-corrected chi connectivity index (χ3v) is 2.75. The summed E-state index contributed by atoms with van der Waals surface area (Å²) >= 11 is 0. The number of fused-ring (bicyclic) bond motifs is 1. The molecule has 2 heterocycles. The third kappa shape index (κ3) is 3.14. The van der Waals surface area contributed by atoms with Crippen molar-refractivity contribution < 1.29 is 29.1 Å². The lowest BCUT2D eigenvalue weighted by molar-refractivity contribution is -0.145. The van der Waals surface area contributed by atoms with Crippen LogP contribution in [0.1, 0.15) is 22.5 Å². The van der Waals surface area contributed by atoms with Gasteiger partial charge in [-0.1, -0.05) is 5.16 Å². The molecule has 0 aliphatic rings. The highest BCUT2D eigenvalue weighted by molar-refractivity contribution is 5.99. The van der Waals surface area contributed by atoms with E-state index in [9.17, 15) is 14.4 Å². The van der Waals surface area contributed by atoms with Crippen LogP contribution >= 0.6 is 0 Å². The van der Waals surface area contributed by atoms with Gasteiger partial charge < -0.3 is 20.1 Å². The number of hydrogen-bond donors (Lipinski definition) is 3. The van der Waals surface area contributed by atoms with Crippen molar-refractivity contribution in [2.45, 2.75) is 19.4 Å². The van der Waals surface area contributed by atoms with E-state index in [2.05, 4.69) is 15.5 Å². The normalized spacial score (nSPS) is 12.0. The van der Waals surface area contributed by atoms with Crippen molar-refractivity contribution >= 4 is 28.9 Å². The maximum atomic E-state index is 12.0. The summed E-state index contributed by atoms with van der Waals surface area (Å²) in [5, 5.41) is 23.8. The molecule has 2 aromatic rings. The van der Waals surface area contributed by atoms with Crippen molar-refractivity contribution in [1.29, 1.82) is 0 Å². The Morgan fingerprint density at radius 2 is 2.10 bits per heavy atom. The molecule has 9 nitrogen and oxygen atoms in total. The van der Waals surface area contributed by atoms with E-state index in [4.69, 9.17) is 14.7 Å². The monoisotopic (exact) mass is 293 g/mol. The Hall–Kier alpha value is -2.97. The number of carbonyl (C=O) groups excluding carboxylic acids is 1. The molecular formula is C12H11N3O6. The van der Waals surface area contributed by atoms with Crippen molar-refractivity contribution in [2.75, 3.05) is 0 Å². The molecule has 110 valence electrons. The summed E-state index contributed by atoms with van der Waals surface area (Å²) in [6.45, 7) is 1.67. The van der Waals surface area contributed by atoms with Crippen LogP contribution in [-0.4, -0.2) is 44.2 Å². The number of nitrogens with zero attached hydrogens (tertiary/aromatic N) is 2. The van der Waals surface area contributed by atoms with Gasteiger partial charge in [0.1, 0.15) is 6.04 Å². The van der Waals surface area contributed by atoms with Crippen LogP contribution in [0.25, 0.3) is 11.1 Å². The maximum Gasteiger partial charge on any atom is 0.326 e. The molecule has 0 saturated carbocycles. The van der Waals surface area contributed by atoms with Gasteiger partial charge in [0.05, 0.1) is 23.1 Å². The van der Waals surface area contributed by atoms with Gasteiger partial charge in [-0.25, -0.2) is 9.78 Å². The Labute approximate surface area is 117 Å². The molecule has 0 aliphatic heterocycles. The average Bonchev–Trinajstić information content (AvgIpc) is 2.78. The lowest BCUT2D eigenvalue weighted by atomic mass is 10.1. The van der Waals surface area contributed by atoms with Gasteiger partial charge in [-0.05, 0) is 13.0 Å². The summed E-state index contributed by atoms with van der Waals surface area (Å²) in [7, 11) is 0. The number of carboxylic acid groups (broad SMARTS) is 2. The van der Waals surface area contributed by atoms with E-state index in [0.717, 1.165) is 0 Å². The molecule has 0 aromatic carbocycles. The fourth-order valence-electron chi connectivity index (χ4n) is 1.69. The maximum absolute atomic E-state index is 12.0. The van der Waals surface area contributed by atoms with E-state index in [1.54, 1.807) is 6.92 Å². The first kappa shape index (κ1) is 14.4. The van der Waals surface area contributed by atoms with Crippen LogP contribution in [0.3, 0.4) is 0 Å². The van der Waals surface area contributed by atoms with E-state index in [-0.39, 0.29) is 11.3 Å². The molecule has 0 unspecified atom stereocenters. The fraction of sp³-hybridized carbons (Fsp3) is 0.250. The smallest absolute Gasteiger partial charge is 0.326 e. The van der Waals surface area contributed by atoms with E-state index in [1.807, 2.05) is 0 Å². The summed E-state index contributed by atoms with van der Waals surface area (Å²) in [6.07, 6.45) is 0.477. The predicted molar refractivity (Wildman–Crippen MR) is 67.7 cm³/mol. The number of rotatable bonds is 5. The van der Waals surface area contributed by atoms with Gasteiger partial charge in [-0.2, -0.15) is 0 Å². The minimum absolute atomic E-state index is 0.0884. The molecule has 21 heavy (non-hydrogen) atoms. The lowest BCUT2D eigenvalue weighted by Crippen LogP contribution is -2.42. The highest BCUT2D eigenvalue weighted by atomic mass is 16.5. The van der Waals surface area contributed by atoms with Gasteiger partial charge in [0.2, 0.25) is 0 Å². The zero-order valence-corrected chi connectivity index (χ0v) is 10.9. The number of aryl methyl sites for hydroxylation is 1. The lowest BCUT2D eigenvalue weighted by Gasteiger charge is -2.12. The SMILES string of the molecule is Cc1noc2ncc(C(=O)N[C@H](CC(=O)O)C(=O)O)cc12. The highest BCUT2D eigenvalue weighted by Gasteiger charge is 2.24. The molecule has 1 atom stereocenters. The quantitative estimate of drug-likeness (QED) is 0.708. The standard InChI is InChI=1S/C12H11N3O6/c1-5-7-2-6(4-13-11(7)21-15-5)10(18)14-8(12(19)20)3-9(16)17/h2,4,8H,3H2,1H3,(H,14,18)(H,16,17)(H,19,20)/t8-/m1/s1. The van der Waals surface area contributed by atoms with Gasteiger partial charge in [0, 0.05) is 6.20 Å². The van der Waals surface area contributed by atoms with Gasteiger partial charge >= 0.3 is 11.9 Å². The second-order valence-corrected chi connectivity index (χ2v) is 4.31. The summed E-state index contributed by atoms with van der Waals surface area (Å²) in [4.78, 5) is 37.3. The van der Waals surface area contributed by atoms with Crippen molar-refractivity contribution in [1.82, 2.24) is 15.5 Å². The van der Waals surface area contributed by atoms with Crippen LogP contribution in [0.2, 0.25) is 0 Å².